The van der Waals surface area contributed by atoms with Crippen LogP contribution in [0.1, 0.15) is 26.7 Å². The SMILES string of the molecule is CC(=O)OC/C=C(\C)CCC[P+](c1ccccc1)(c1ccccc1)c1ccccc1.[I-]. The minimum atomic E-state index is -1.76. The van der Waals surface area contributed by atoms with E-state index in [0.717, 1.165) is 19.0 Å². The number of esters is 1. The summed E-state index contributed by atoms with van der Waals surface area (Å²) >= 11 is 0. The quantitative estimate of drug-likeness (QED) is 0.179. The van der Waals surface area contributed by atoms with E-state index < -0.39 is 7.26 Å². The third-order valence-corrected chi connectivity index (χ3v) is 9.90. The first-order chi connectivity index (χ1) is 14.6. The Balaban J connectivity index is 0.00000341. The van der Waals surface area contributed by atoms with Gasteiger partial charge in [0.25, 0.3) is 0 Å². The lowest BCUT2D eigenvalue weighted by Gasteiger charge is -2.27. The molecule has 0 heterocycles. The summed E-state index contributed by atoms with van der Waals surface area (Å²) in [6.07, 6.45) is 5.20. The predicted octanol–water partition coefficient (Wildman–Crippen LogP) is 2.27. The molecule has 0 atom stereocenters. The van der Waals surface area contributed by atoms with E-state index in [-0.39, 0.29) is 29.9 Å². The van der Waals surface area contributed by atoms with Gasteiger partial charge < -0.3 is 28.7 Å². The molecule has 0 aliphatic heterocycles. The van der Waals surface area contributed by atoms with Gasteiger partial charge in [-0.05, 0) is 62.2 Å². The van der Waals surface area contributed by atoms with E-state index in [9.17, 15) is 4.79 Å². The van der Waals surface area contributed by atoms with Crippen molar-refractivity contribution in [1.82, 2.24) is 0 Å². The zero-order valence-corrected chi connectivity index (χ0v) is 21.3. The molecule has 0 N–H and O–H groups in total. The van der Waals surface area contributed by atoms with Gasteiger partial charge in [0.05, 0.1) is 6.16 Å². The third-order valence-electron chi connectivity index (χ3n) is 5.37. The van der Waals surface area contributed by atoms with E-state index >= 15 is 0 Å². The molecule has 3 aromatic carbocycles. The van der Waals surface area contributed by atoms with Crippen molar-refractivity contribution in [2.45, 2.75) is 26.7 Å². The summed E-state index contributed by atoms with van der Waals surface area (Å²) in [6, 6.07) is 32.9. The van der Waals surface area contributed by atoms with Crippen LogP contribution in [0.15, 0.2) is 103 Å². The Morgan fingerprint density at radius 1 is 0.774 bits per heavy atom. The summed E-state index contributed by atoms with van der Waals surface area (Å²) in [5.41, 5.74) is 1.27. The van der Waals surface area contributed by atoms with Crippen molar-refractivity contribution in [2.24, 2.45) is 0 Å². The van der Waals surface area contributed by atoms with Gasteiger partial charge in [0.2, 0.25) is 0 Å². The molecule has 0 aromatic heterocycles. The topological polar surface area (TPSA) is 26.3 Å². The number of rotatable bonds is 9. The van der Waals surface area contributed by atoms with Crippen molar-refractivity contribution in [3.8, 4) is 0 Å². The Bertz CT molecular complexity index is 860. The Labute approximate surface area is 204 Å². The molecule has 2 nitrogen and oxygen atoms in total. The van der Waals surface area contributed by atoms with Crippen LogP contribution in [-0.4, -0.2) is 18.7 Å². The van der Waals surface area contributed by atoms with Crippen molar-refractivity contribution in [3.63, 3.8) is 0 Å². The predicted molar refractivity (Wildman–Crippen MR) is 130 cm³/mol. The number of hydrogen-bond donors (Lipinski definition) is 0. The fourth-order valence-electron chi connectivity index (χ4n) is 3.88. The molecule has 3 rings (SSSR count). The highest BCUT2D eigenvalue weighted by molar-refractivity contribution is 7.95. The van der Waals surface area contributed by atoms with Crippen LogP contribution in [0.2, 0.25) is 0 Å². The molecule has 0 saturated carbocycles. The lowest BCUT2D eigenvalue weighted by Crippen LogP contribution is -3.00. The first-order valence-electron chi connectivity index (χ1n) is 10.5. The highest BCUT2D eigenvalue weighted by atomic mass is 127. The Morgan fingerprint density at radius 2 is 1.19 bits per heavy atom. The fourth-order valence-corrected chi connectivity index (χ4v) is 8.23. The largest absolute Gasteiger partial charge is 1.00 e. The number of halogens is 1. The Kier molecular flexibility index (Phi) is 10.4. The van der Waals surface area contributed by atoms with E-state index in [2.05, 4.69) is 97.9 Å². The van der Waals surface area contributed by atoms with Crippen LogP contribution < -0.4 is 39.9 Å². The molecule has 0 radical (unpaired) electrons. The first kappa shape index (κ1) is 25.3. The van der Waals surface area contributed by atoms with E-state index in [1.54, 1.807) is 0 Å². The zero-order valence-electron chi connectivity index (χ0n) is 18.2. The fraction of sp³-hybridized carbons (Fsp3) is 0.222. The second kappa shape index (κ2) is 12.8. The molecular formula is C27H30IO2P. The summed E-state index contributed by atoms with van der Waals surface area (Å²) in [4.78, 5) is 11.0. The molecule has 0 aliphatic carbocycles. The van der Waals surface area contributed by atoms with Gasteiger partial charge >= 0.3 is 5.97 Å². The van der Waals surface area contributed by atoms with Crippen molar-refractivity contribution in [1.29, 1.82) is 0 Å². The smallest absolute Gasteiger partial charge is 0.302 e. The maximum Gasteiger partial charge on any atom is 0.302 e. The maximum absolute atomic E-state index is 11.0. The van der Waals surface area contributed by atoms with Crippen molar-refractivity contribution in [2.75, 3.05) is 12.8 Å². The van der Waals surface area contributed by atoms with Gasteiger partial charge in [-0.2, -0.15) is 0 Å². The summed E-state index contributed by atoms with van der Waals surface area (Å²) in [5.74, 6) is -0.235. The summed E-state index contributed by atoms with van der Waals surface area (Å²) < 4.78 is 5.06. The number of carbonyl (C=O) groups is 1. The lowest BCUT2D eigenvalue weighted by atomic mass is 10.2. The first-order valence-corrected chi connectivity index (χ1v) is 12.4. The molecule has 162 valence electrons. The molecule has 4 heteroatoms. The van der Waals surface area contributed by atoms with E-state index in [1.165, 1.54) is 28.4 Å². The zero-order chi connectivity index (χ0) is 21.2. The van der Waals surface area contributed by atoms with E-state index in [1.807, 2.05) is 6.08 Å². The Morgan fingerprint density at radius 3 is 1.58 bits per heavy atom. The minimum Gasteiger partial charge on any atom is -1.00 e. The van der Waals surface area contributed by atoms with Gasteiger partial charge in [0.1, 0.15) is 29.8 Å². The molecule has 0 spiro atoms. The second-order valence-electron chi connectivity index (χ2n) is 7.50. The van der Waals surface area contributed by atoms with Crippen molar-refractivity contribution >= 4 is 29.1 Å². The van der Waals surface area contributed by atoms with Gasteiger partial charge in [-0.25, -0.2) is 0 Å². The number of ether oxygens (including phenoxy) is 1. The molecule has 0 amide bonds. The highest BCUT2D eigenvalue weighted by Gasteiger charge is 2.44. The molecule has 0 bridgehead atoms. The van der Waals surface area contributed by atoms with Gasteiger partial charge in [0, 0.05) is 6.92 Å². The normalized spacial score (nSPS) is 11.5. The van der Waals surface area contributed by atoms with Gasteiger partial charge in [-0.15, -0.1) is 0 Å². The number of hydrogen-bond acceptors (Lipinski definition) is 2. The molecule has 3 aromatic rings. The molecular weight excluding hydrogens is 514 g/mol. The van der Waals surface area contributed by atoms with Crippen LogP contribution in [0, 0.1) is 0 Å². The monoisotopic (exact) mass is 544 g/mol. The lowest BCUT2D eigenvalue weighted by molar-refractivity contribution is -0.139. The van der Waals surface area contributed by atoms with Crippen LogP contribution in [0.5, 0.6) is 0 Å². The third kappa shape index (κ3) is 6.75. The van der Waals surface area contributed by atoms with E-state index in [4.69, 9.17) is 4.74 Å². The Hall–Kier alpha value is -1.97. The van der Waals surface area contributed by atoms with Crippen LogP contribution in [0.25, 0.3) is 0 Å². The minimum absolute atomic E-state index is 0. The van der Waals surface area contributed by atoms with Crippen molar-refractivity contribution in [3.05, 3.63) is 103 Å². The van der Waals surface area contributed by atoms with Gasteiger partial charge in [0.15, 0.2) is 0 Å². The summed E-state index contributed by atoms with van der Waals surface area (Å²) in [7, 11) is -1.76. The standard InChI is InChI=1S/C27H30O2P.HI/c1-23(20-21-29-24(2)28)13-12-22-30(25-14-6-3-7-15-25,26-16-8-4-9-17-26)27-18-10-5-11-19-27;/h3-11,14-20H,12-13,21-22H2,1-2H3;1H/q+1;/p-1/b23-20+;. The van der Waals surface area contributed by atoms with Crippen LogP contribution in [0.4, 0.5) is 0 Å². The molecule has 0 saturated heterocycles. The molecule has 0 unspecified atom stereocenters. The van der Waals surface area contributed by atoms with Crippen molar-refractivity contribution < 1.29 is 33.5 Å². The molecule has 0 fully saturated rings. The van der Waals surface area contributed by atoms with E-state index in [0.29, 0.717) is 6.61 Å². The number of carbonyl (C=O) groups excluding carboxylic acids is 1. The van der Waals surface area contributed by atoms with Gasteiger partial charge in [-0.3, -0.25) is 4.79 Å². The maximum atomic E-state index is 11.0. The number of allylic oxidation sites excluding steroid dienone is 1. The summed E-state index contributed by atoms with van der Waals surface area (Å²) in [5, 5.41) is 4.26. The van der Waals surface area contributed by atoms with Crippen LogP contribution >= 0.6 is 7.26 Å². The average Bonchev–Trinajstić information content (AvgIpc) is 2.78. The van der Waals surface area contributed by atoms with Crippen LogP contribution in [-0.2, 0) is 9.53 Å². The number of benzene rings is 3. The molecule has 0 aliphatic rings. The summed E-state index contributed by atoms with van der Waals surface area (Å²) in [6.45, 7) is 3.93. The second-order valence-corrected chi connectivity index (χ2v) is 11.1. The van der Waals surface area contributed by atoms with Gasteiger partial charge in [-0.1, -0.05) is 60.2 Å². The molecule has 31 heavy (non-hydrogen) atoms. The van der Waals surface area contributed by atoms with Crippen LogP contribution in [0.3, 0.4) is 0 Å². The highest BCUT2D eigenvalue weighted by Crippen LogP contribution is 2.56. The average molecular weight is 544 g/mol.